The van der Waals surface area contributed by atoms with Crippen LogP contribution in [0, 0.1) is 11.3 Å². The Hall–Kier alpha value is -2.30. The predicted molar refractivity (Wildman–Crippen MR) is 103 cm³/mol. The molecule has 2 rings (SSSR count). The maximum atomic E-state index is 12.3. The first-order valence-corrected chi connectivity index (χ1v) is 8.87. The van der Waals surface area contributed by atoms with Crippen molar-refractivity contribution in [2.45, 2.75) is 6.92 Å². The number of nitrogens with one attached hydrogen (secondary N) is 1. The highest BCUT2D eigenvalue weighted by molar-refractivity contribution is 9.11. The first-order valence-electron chi connectivity index (χ1n) is 7.29. The summed E-state index contributed by atoms with van der Waals surface area (Å²) in [4.78, 5) is 12.3. The van der Waals surface area contributed by atoms with Gasteiger partial charge in [-0.25, -0.2) is 0 Å². The molecule has 2 aromatic carbocycles. The van der Waals surface area contributed by atoms with E-state index in [1.165, 1.54) is 6.08 Å². The topological polar surface area (TPSA) is 82.3 Å². The molecule has 0 fully saturated rings. The van der Waals surface area contributed by atoms with E-state index in [1.807, 2.05) is 12.1 Å². The van der Waals surface area contributed by atoms with Crippen molar-refractivity contribution >= 4 is 49.5 Å². The molecule has 0 saturated heterocycles. The number of aromatic hydroxyl groups is 1. The smallest absolute Gasteiger partial charge is 0.266 e. The molecule has 0 aliphatic rings. The van der Waals surface area contributed by atoms with Gasteiger partial charge in [-0.3, -0.25) is 4.79 Å². The molecule has 0 unspecified atom stereocenters. The summed E-state index contributed by atoms with van der Waals surface area (Å²) in [5, 5.41) is 21.9. The number of carbonyl (C=O) groups excluding carboxylic acids is 1. The van der Waals surface area contributed by atoms with Crippen LogP contribution in [0.1, 0.15) is 12.5 Å². The Morgan fingerprint density at radius 3 is 2.68 bits per heavy atom. The van der Waals surface area contributed by atoms with Crippen molar-refractivity contribution in [1.29, 1.82) is 5.26 Å². The summed E-state index contributed by atoms with van der Waals surface area (Å²) in [5.41, 5.74) is 1.04. The van der Waals surface area contributed by atoms with Crippen molar-refractivity contribution in [3.8, 4) is 17.6 Å². The van der Waals surface area contributed by atoms with Gasteiger partial charge in [-0.1, -0.05) is 12.1 Å². The molecule has 0 saturated carbocycles. The van der Waals surface area contributed by atoms with Crippen molar-refractivity contribution in [3.63, 3.8) is 0 Å². The second-order valence-corrected chi connectivity index (χ2v) is 6.59. The average Bonchev–Trinajstić information content (AvgIpc) is 2.59. The second kappa shape index (κ2) is 8.70. The van der Waals surface area contributed by atoms with E-state index in [1.54, 1.807) is 37.3 Å². The fourth-order valence-electron chi connectivity index (χ4n) is 2.01. The lowest BCUT2D eigenvalue weighted by molar-refractivity contribution is -0.112. The Balaban J connectivity index is 2.32. The summed E-state index contributed by atoms with van der Waals surface area (Å²) in [6, 6.07) is 12.2. The lowest BCUT2D eigenvalue weighted by Crippen LogP contribution is -2.13. The van der Waals surface area contributed by atoms with Crippen LogP contribution in [0.5, 0.6) is 11.5 Å². The SMILES string of the molecule is CCOc1cc(C=C(C#N)C(=O)Nc2ccccc2Br)cc(Br)c1O. The molecule has 25 heavy (non-hydrogen) atoms. The first-order chi connectivity index (χ1) is 12.0. The van der Waals surface area contributed by atoms with Crippen molar-refractivity contribution in [1.82, 2.24) is 0 Å². The number of hydrogen-bond acceptors (Lipinski definition) is 4. The van der Waals surface area contributed by atoms with Crippen LogP contribution >= 0.6 is 31.9 Å². The Morgan fingerprint density at radius 2 is 2.04 bits per heavy atom. The molecule has 0 aliphatic heterocycles. The molecular formula is C18H14Br2N2O3. The van der Waals surface area contributed by atoms with Crippen LogP contribution in [0.25, 0.3) is 6.08 Å². The molecule has 5 nitrogen and oxygen atoms in total. The van der Waals surface area contributed by atoms with Crippen LogP contribution in [0.4, 0.5) is 5.69 Å². The standard InChI is InChI=1S/C18H14Br2N2O3/c1-2-25-16-9-11(8-14(20)17(16)23)7-12(10-21)18(24)22-15-6-4-3-5-13(15)19/h3-9,23H,2H2,1H3,(H,22,24). The van der Waals surface area contributed by atoms with Crippen LogP contribution in [0.15, 0.2) is 50.9 Å². The molecule has 0 radical (unpaired) electrons. The summed E-state index contributed by atoms with van der Waals surface area (Å²) in [5.74, 6) is -0.293. The number of phenolic OH excluding ortho intramolecular Hbond substituents is 1. The van der Waals surface area contributed by atoms with Crippen LogP contribution in [-0.4, -0.2) is 17.6 Å². The van der Waals surface area contributed by atoms with Gasteiger partial charge < -0.3 is 15.2 Å². The quantitative estimate of drug-likeness (QED) is 0.487. The molecule has 0 spiro atoms. The molecule has 2 N–H and O–H groups in total. The summed E-state index contributed by atoms with van der Waals surface area (Å²) < 4.78 is 6.47. The number of hydrogen-bond donors (Lipinski definition) is 2. The Morgan fingerprint density at radius 1 is 1.32 bits per heavy atom. The van der Waals surface area contributed by atoms with Crippen LogP contribution in [0.3, 0.4) is 0 Å². The molecule has 0 atom stereocenters. The fourth-order valence-corrected chi connectivity index (χ4v) is 2.85. The monoisotopic (exact) mass is 464 g/mol. The zero-order chi connectivity index (χ0) is 18.4. The number of para-hydroxylation sites is 1. The Kier molecular flexibility index (Phi) is 6.62. The summed E-state index contributed by atoms with van der Waals surface area (Å²) in [6.07, 6.45) is 1.43. The normalized spacial score (nSPS) is 10.9. The highest BCUT2D eigenvalue weighted by Gasteiger charge is 2.13. The molecule has 0 bridgehead atoms. The van der Waals surface area contributed by atoms with Gasteiger partial charge >= 0.3 is 0 Å². The third-order valence-electron chi connectivity index (χ3n) is 3.15. The Bertz CT molecular complexity index is 873. The number of nitriles is 1. The molecule has 0 aliphatic carbocycles. The molecule has 0 heterocycles. The van der Waals surface area contributed by atoms with E-state index in [0.717, 1.165) is 0 Å². The summed E-state index contributed by atoms with van der Waals surface area (Å²) >= 11 is 6.57. The minimum atomic E-state index is -0.531. The number of benzene rings is 2. The van der Waals surface area contributed by atoms with Gasteiger partial charge in [0.15, 0.2) is 11.5 Å². The lowest BCUT2D eigenvalue weighted by Gasteiger charge is -2.09. The van der Waals surface area contributed by atoms with Gasteiger partial charge in [0.1, 0.15) is 11.6 Å². The van der Waals surface area contributed by atoms with Gasteiger partial charge in [0, 0.05) is 4.47 Å². The van der Waals surface area contributed by atoms with Gasteiger partial charge in [0.25, 0.3) is 5.91 Å². The van der Waals surface area contributed by atoms with Gasteiger partial charge in [0.05, 0.1) is 16.8 Å². The average molecular weight is 466 g/mol. The number of halogens is 2. The summed E-state index contributed by atoms with van der Waals surface area (Å²) in [6.45, 7) is 2.17. The van der Waals surface area contributed by atoms with E-state index in [-0.39, 0.29) is 17.1 Å². The van der Waals surface area contributed by atoms with E-state index >= 15 is 0 Å². The maximum absolute atomic E-state index is 12.3. The fraction of sp³-hybridized carbons (Fsp3) is 0.111. The highest BCUT2D eigenvalue weighted by atomic mass is 79.9. The van der Waals surface area contributed by atoms with Gasteiger partial charge in [0.2, 0.25) is 0 Å². The third kappa shape index (κ3) is 4.84. The zero-order valence-electron chi connectivity index (χ0n) is 13.2. The largest absolute Gasteiger partial charge is 0.503 e. The number of anilines is 1. The summed E-state index contributed by atoms with van der Waals surface area (Å²) in [7, 11) is 0. The van der Waals surface area contributed by atoms with Crippen LogP contribution in [-0.2, 0) is 4.79 Å². The van der Waals surface area contributed by atoms with Gasteiger partial charge in [-0.05, 0) is 74.7 Å². The van der Waals surface area contributed by atoms with E-state index in [2.05, 4.69) is 37.2 Å². The molecule has 7 heteroatoms. The zero-order valence-corrected chi connectivity index (χ0v) is 16.4. The molecule has 2 aromatic rings. The van der Waals surface area contributed by atoms with E-state index in [9.17, 15) is 15.2 Å². The molecular weight excluding hydrogens is 452 g/mol. The van der Waals surface area contributed by atoms with Crippen LogP contribution < -0.4 is 10.1 Å². The van der Waals surface area contributed by atoms with E-state index in [0.29, 0.717) is 26.8 Å². The van der Waals surface area contributed by atoms with E-state index < -0.39 is 5.91 Å². The number of phenols is 1. The highest BCUT2D eigenvalue weighted by Crippen LogP contribution is 2.36. The van der Waals surface area contributed by atoms with Crippen molar-refractivity contribution in [3.05, 3.63) is 56.5 Å². The van der Waals surface area contributed by atoms with E-state index in [4.69, 9.17) is 4.74 Å². The van der Waals surface area contributed by atoms with Crippen molar-refractivity contribution in [2.24, 2.45) is 0 Å². The van der Waals surface area contributed by atoms with Crippen molar-refractivity contribution in [2.75, 3.05) is 11.9 Å². The number of amides is 1. The second-order valence-electron chi connectivity index (χ2n) is 4.89. The molecule has 0 aromatic heterocycles. The number of carbonyl (C=O) groups is 1. The number of rotatable bonds is 5. The maximum Gasteiger partial charge on any atom is 0.266 e. The number of nitrogens with zero attached hydrogens (tertiary/aromatic N) is 1. The first kappa shape index (κ1) is 19.0. The van der Waals surface area contributed by atoms with Gasteiger partial charge in [-0.2, -0.15) is 5.26 Å². The Labute approximate surface area is 162 Å². The minimum Gasteiger partial charge on any atom is -0.503 e. The number of ether oxygens (including phenoxy) is 1. The minimum absolute atomic E-state index is 0.0322. The lowest BCUT2D eigenvalue weighted by atomic mass is 10.1. The molecule has 128 valence electrons. The molecule has 1 amide bonds. The third-order valence-corrected chi connectivity index (χ3v) is 4.44. The van der Waals surface area contributed by atoms with Crippen molar-refractivity contribution < 1.29 is 14.6 Å². The van der Waals surface area contributed by atoms with Gasteiger partial charge in [-0.15, -0.1) is 0 Å². The predicted octanol–water partition coefficient (Wildman–Crippen LogP) is 4.86. The van der Waals surface area contributed by atoms with Crippen LogP contribution in [0.2, 0.25) is 0 Å².